The Kier molecular flexibility index (Phi) is 5.55. The van der Waals surface area contributed by atoms with Gasteiger partial charge in [-0.25, -0.2) is 19.4 Å². The molecule has 2 amide bonds. The summed E-state index contributed by atoms with van der Waals surface area (Å²) < 4.78 is 1.87. The summed E-state index contributed by atoms with van der Waals surface area (Å²) in [6.07, 6.45) is 12.8. The smallest absolute Gasteiger partial charge is 0.320 e. The molecule has 0 unspecified atom stereocenters. The first kappa shape index (κ1) is 18.1. The molecule has 3 N–H and O–H groups in total. The minimum Gasteiger partial charge on any atom is -0.331 e. The number of carbonyl (C=O) groups is 1. The summed E-state index contributed by atoms with van der Waals surface area (Å²) in [5.41, 5.74) is 0.570. The summed E-state index contributed by atoms with van der Waals surface area (Å²) >= 11 is 0. The van der Waals surface area contributed by atoms with Crippen LogP contribution >= 0.6 is 0 Å². The SMILES string of the molecule is O=C(NCc1nc(-c2cnccn2)n[nH]1)Nc1ccnn1CC1CCCCC1. The monoisotopic (exact) mass is 381 g/mol. The van der Waals surface area contributed by atoms with E-state index in [1.807, 2.05) is 10.7 Å². The molecule has 3 heterocycles. The second-order valence-electron chi connectivity index (χ2n) is 6.91. The molecule has 0 bridgehead atoms. The maximum Gasteiger partial charge on any atom is 0.320 e. The van der Waals surface area contributed by atoms with Crippen LogP contribution in [0.2, 0.25) is 0 Å². The van der Waals surface area contributed by atoms with Crippen LogP contribution in [-0.2, 0) is 13.1 Å². The molecule has 0 spiro atoms. The first-order chi connectivity index (χ1) is 13.8. The number of rotatable bonds is 6. The molecule has 0 aromatic carbocycles. The van der Waals surface area contributed by atoms with Crippen molar-refractivity contribution in [3.8, 4) is 11.5 Å². The van der Waals surface area contributed by atoms with Crippen LogP contribution in [0.1, 0.15) is 37.9 Å². The third kappa shape index (κ3) is 4.51. The summed E-state index contributed by atoms with van der Waals surface area (Å²) in [6.45, 7) is 1.06. The lowest BCUT2D eigenvalue weighted by Gasteiger charge is -2.22. The van der Waals surface area contributed by atoms with E-state index < -0.39 is 0 Å². The van der Waals surface area contributed by atoms with E-state index in [0.29, 0.717) is 29.1 Å². The fraction of sp³-hybridized carbons (Fsp3) is 0.444. The first-order valence-electron chi connectivity index (χ1n) is 9.52. The number of hydrogen-bond acceptors (Lipinski definition) is 6. The normalized spacial score (nSPS) is 14.7. The van der Waals surface area contributed by atoms with Gasteiger partial charge in [0.15, 0.2) is 0 Å². The van der Waals surface area contributed by atoms with Crippen molar-refractivity contribution in [2.24, 2.45) is 5.92 Å². The standard InChI is InChI=1S/C18H23N9O/c28-18(21-11-15-23-17(26-25-15)14-10-19-8-9-20-14)24-16-6-7-22-27(16)12-13-4-2-1-3-5-13/h6-10,13H,1-5,11-12H2,(H2,21,24,28)(H,23,25,26). The van der Waals surface area contributed by atoms with Crippen LogP contribution in [0.25, 0.3) is 11.5 Å². The van der Waals surface area contributed by atoms with Gasteiger partial charge in [0.1, 0.15) is 17.3 Å². The number of aromatic nitrogens is 7. The highest BCUT2D eigenvalue weighted by atomic mass is 16.2. The number of urea groups is 1. The van der Waals surface area contributed by atoms with Crippen LogP contribution in [0.3, 0.4) is 0 Å². The third-order valence-corrected chi connectivity index (χ3v) is 4.85. The Balaban J connectivity index is 1.29. The van der Waals surface area contributed by atoms with Crippen LogP contribution in [0.15, 0.2) is 30.9 Å². The second kappa shape index (κ2) is 8.59. The Hall–Kier alpha value is -3.30. The maximum atomic E-state index is 12.3. The fourth-order valence-corrected chi connectivity index (χ4v) is 3.43. The summed E-state index contributed by atoms with van der Waals surface area (Å²) in [4.78, 5) is 24.7. The fourth-order valence-electron chi connectivity index (χ4n) is 3.43. The van der Waals surface area contributed by atoms with Crippen molar-refractivity contribution in [3.05, 3.63) is 36.7 Å². The van der Waals surface area contributed by atoms with Crippen molar-refractivity contribution in [2.45, 2.75) is 45.2 Å². The van der Waals surface area contributed by atoms with E-state index in [9.17, 15) is 4.79 Å². The molecule has 4 rings (SSSR count). The van der Waals surface area contributed by atoms with Crippen molar-refractivity contribution in [1.82, 2.24) is 40.2 Å². The zero-order valence-corrected chi connectivity index (χ0v) is 15.5. The summed E-state index contributed by atoms with van der Waals surface area (Å²) in [5, 5.41) is 16.9. The average Bonchev–Trinajstić information content (AvgIpc) is 3.38. The first-order valence-corrected chi connectivity index (χ1v) is 9.52. The highest BCUT2D eigenvalue weighted by molar-refractivity contribution is 5.88. The van der Waals surface area contributed by atoms with E-state index in [1.54, 1.807) is 24.8 Å². The quantitative estimate of drug-likeness (QED) is 0.602. The van der Waals surface area contributed by atoms with Crippen molar-refractivity contribution in [1.29, 1.82) is 0 Å². The number of carbonyl (C=O) groups excluding carboxylic acids is 1. The van der Waals surface area contributed by atoms with E-state index in [2.05, 4.69) is 40.9 Å². The predicted octanol–water partition coefficient (Wildman–Crippen LogP) is 2.36. The zero-order valence-electron chi connectivity index (χ0n) is 15.5. The Morgan fingerprint density at radius 1 is 1.21 bits per heavy atom. The van der Waals surface area contributed by atoms with Gasteiger partial charge in [0.25, 0.3) is 0 Å². The second-order valence-corrected chi connectivity index (χ2v) is 6.91. The van der Waals surface area contributed by atoms with E-state index in [0.717, 1.165) is 6.54 Å². The van der Waals surface area contributed by atoms with Crippen molar-refractivity contribution >= 4 is 11.8 Å². The van der Waals surface area contributed by atoms with Gasteiger partial charge in [-0.2, -0.15) is 10.2 Å². The Bertz CT molecular complexity index is 899. The molecule has 3 aromatic heterocycles. The molecule has 1 aliphatic rings. The molecule has 28 heavy (non-hydrogen) atoms. The molecule has 146 valence electrons. The third-order valence-electron chi connectivity index (χ3n) is 4.85. The summed E-state index contributed by atoms with van der Waals surface area (Å²) in [5.74, 6) is 2.30. The Morgan fingerprint density at radius 2 is 2.11 bits per heavy atom. The van der Waals surface area contributed by atoms with Crippen LogP contribution < -0.4 is 10.6 Å². The summed E-state index contributed by atoms with van der Waals surface area (Å²) in [6, 6.07) is 1.49. The lowest BCUT2D eigenvalue weighted by atomic mass is 9.89. The molecular weight excluding hydrogens is 358 g/mol. The Morgan fingerprint density at radius 3 is 2.93 bits per heavy atom. The topological polar surface area (TPSA) is 126 Å². The molecule has 0 aliphatic heterocycles. The molecule has 10 nitrogen and oxygen atoms in total. The van der Waals surface area contributed by atoms with Crippen LogP contribution in [0.5, 0.6) is 0 Å². The average molecular weight is 381 g/mol. The van der Waals surface area contributed by atoms with Crippen LogP contribution in [-0.4, -0.2) is 41.0 Å². The maximum absolute atomic E-state index is 12.3. The minimum atomic E-state index is -0.317. The number of aromatic amines is 1. The van der Waals surface area contributed by atoms with Crippen LogP contribution in [0.4, 0.5) is 10.6 Å². The van der Waals surface area contributed by atoms with Gasteiger partial charge in [-0.05, 0) is 18.8 Å². The van der Waals surface area contributed by atoms with Crippen molar-refractivity contribution in [2.75, 3.05) is 5.32 Å². The van der Waals surface area contributed by atoms with Gasteiger partial charge < -0.3 is 5.32 Å². The number of H-pyrrole nitrogens is 1. The molecule has 0 radical (unpaired) electrons. The van der Waals surface area contributed by atoms with Gasteiger partial charge in [-0.1, -0.05) is 19.3 Å². The molecule has 10 heteroatoms. The number of hydrogen-bond donors (Lipinski definition) is 3. The zero-order chi connectivity index (χ0) is 19.2. The molecule has 3 aromatic rings. The van der Waals surface area contributed by atoms with Gasteiger partial charge in [0.05, 0.1) is 18.9 Å². The van der Waals surface area contributed by atoms with Gasteiger partial charge >= 0.3 is 6.03 Å². The largest absolute Gasteiger partial charge is 0.331 e. The Labute approximate surface area is 162 Å². The molecule has 0 atom stereocenters. The number of anilines is 1. The van der Waals surface area contributed by atoms with Crippen molar-refractivity contribution in [3.63, 3.8) is 0 Å². The lowest BCUT2D eigenvalue weighted by molar-refractivity contribution is 0.251. The van der Waals surface area contributed by atoms with Gasteiger partial charge in [0, 0.05) is 25.0 Å². The van der Waals surface area contributed by atoms with E-state index >= 15 is 0 Å². The highest BCUT2D eigenvalue weighted by Crippen LogP contribution is 2.25. The van der Waals surface area contributed by atoms with Gasteiger partial charge in [0.2, 0.25) is 5.82 Å². The van der Waals surface area contributed by atoms with Gasteiger partial charge in [-0.3, -0.25) is 15.4 Å². The van der Waals surface area contributed by atoms with E-state index in [1.165, 1.54) is 32.1 Å². The summed E-state index contributed by atoms with van der Waals surface area (Å²) in [7, 11) is 0. The van der Waals surface area contributed by atoms with E-state index in [-0.39, 0.29) is 12.6 Å². The number of amides is 2. The van der Waals surface area contributed by atoms with Crippen LogP contribution in [0, 0.1) is 5.92 Å². The number of nitrogens with one attached hydrogen (secondary N) is 3. The van der Waals surface area contributed by atoms with Crippen molar-refractivity contribution < 1.29 is 4.79 Å². The molecule has 1 fully saturated rings. The molecule has 1 aliphatic carbocycles. The lowest BCUT2D eigenvalue weighted by Crippen LogP contribution is -2.30. The molecule has 0 saturated heterocycles. The molecular formula is C18H23N9O. The predicted molar refractivity (Wildman–Crippen MR) is 102 cm³/mol. The van der Waals surface area contributed by atoms with Gasteiger partial charge in [-0.15, -0.1) is 0 Å². The number of nitrogens with zero attached hydrogens (tertiary/aromatic N) is 6. The minimum absolute atomic E-state index is 0.218. The van der Waals surface area contributed by atoms with E-state index in [4.69, 9.17) is 0 Å². The molecule has 1 saturated carbocycles. The highest BCUT2D eigenvalue weighted by Gasteiger charge is 2.16.